The molecule has 0 aliphatic heterocycles. The number of benzene rings is 2. The van der Waals surface area contributed by atoms with Gasteiger partial charge < -0.3 is 5.32 Å². The molecule has 2 heterocycles. The van der Waals surface area contributed by atoms with Gasteiger partial charge in [-0.2, -0.15) is 5.10 Å². The monoisotopic (exact) mass is 390 g/mol. The summed E-state index contributed by atoms with van der Waals surface area (Å²) in [6.07, 6.45) is 0. The second-order valence-corrected chi connectivity index (χ2v) is 7.55. The number of rotatable bonds is 4. The van der Waals surface area contributed by atoms with Gasteiger partial charge in [-0.05, 0) is 50.2 Å². The number of thiazole rings is 1. The molecule has 4 rings (SSSR count). The van der Waals surface area contributed by atoms with E-state index in [4.69, 9.17) is 0 Å². The fourth-order valence-electron chi connectivity index (χ4n) is 3.10. The molecule has 28 heavy (non-hydrogen) atoms. The van der Waals surface area contributed by atoms with E-state index in [0.29, 0.717) is 22.6 Å². The van der Waals surface area contributed by atoms with E-state index in [1.807, 2.05) is 36.4 Å². The van der Waals surface area contributed by atoms with Crippen LogP contribution in [0.15, 0.2) is 48.5 Å². The molecular formula is C21H18N4O2S. The fourth-order valence-corrected chi connectivity index (χ4v) is 4.07. The highest BCUT2D eigenvalue weighted by Gasteiger charge is 2.23. The summed E-state index contributed by atoms with van der Waals surface area (Å²) in [7, 11) is 1.75. The first-order valence-corrected chi connectivity index (χ1v) is 9.57. The number of fused-ring (bicyclic) bond motifs is 1. The zero-order valence-electron chi connectivity index (χ0n) is 15.7. The first kappa shape index (κ1) is 18.1. The number of para-hydroxylation sites is 1. The zero-order chi connectivity index (χ0) is 19.8. The van der Waals surface area contributed by atoms with Crippen LogP contribution >= 0.6 is 11.3 Å². The lowest BCUT2D eigenvalue weighted by atomic mass is 10.1. The Morgan fingerprint density at radius 1 is 1.04 bits per heavy atom. The van der Waals surface area contributed by atoms with E-state index in [1.54, 1.807) is 49.0 Å². The number of carbonyl (C=O) groups is 2. The molecule has 1 N–H and O–H groups in total. The molecule has 0 aliphatic carbocycles. The summed E-state index contributed by atoms with van der Waals surface area (Å²) >= 11 is 1.62. The molecule has 2 aromatic heterocycles. The Labute approximate surface area is 165 Å². The third-order valence-electron chi connectivity index (χ3n) is 4.63. The lowest BCUT2D eigenvalue weighted by molar-refractivity contribution is -0.112. The molecule has 0 aliphatic rings. The van der Waals surface area contributed by atoms with E-state index in [2.05, 4.69) is 15.4 Å². The molecule has 0 unspecified atom stereocenters. The van der Waals surface area contributed by atoms with Gasteiger partial charge in [-0.1, -0.05) is 12.1 Å². The average molecular weight is 390 g/mol. The van der Waals surface area contributed by atoms with Crippen LogP contribution in [0.4, 0.5) is 5.69 Å². The number of ketones is 1. The van der Waals surface area contributed by atoms with Gasteiger partial charge in [-0.25, -0.2) is 4.98 Å². The predicted molar refractivity (Wildman–Crippen MR) is 111 cm³/mol. The van der Waals surface area contributed by atoms with Gasteiger partial charge in [-0.3, -0.25) is 14.3 Å². The van der Waals surface area contributed by atoms with Crippen LogP contribution in [0.25, 0.3) is 20.8 Å². The summed E-state index contributed by atoms with van der Waals surface area (Å²) in [5, 5.41) is 7.77. The van der Waals surface area contributed by atoms with Crippen LogP contribution < -0.4 is 5.32 Å². The van der Waals surface area contributed by atoms with Crippen LogP contribution in [0.1, 0.15) is 21.7 Å². The molecule has 140 valence electrons. The maximum Gasteiger partial charge on any atom is 0.296 e. The summed E-state index contributed by atoms with van der Waals surface area (Å²) in [6, 6.07) is 15.3. The molecule has 7 heteroatoms. The topological polar surface area (TPSA) is 76.9 Å². The van der Waals surface area contributed by atoms with E-state index in [0.717, 1.165) is 20.8 Å². The highest BCUT2D eigenvalue weighted by Crippen LogP contribution is 2.30. The van der Waals surface area contributed by atoms with Crippen LogP contribution in [0.5, 0.6) is 0 Å². The lowest BCUT2D eigenvalue weighted by Crippen LogP contribution is -2.24. The smallest absolute Gasteiger partial charge is 0.296 e. The van der Waals surface area contributed by atoms with Gasteiger partial charge in [0.1, 0.15) is 5.01 Å². The Morgan fingerprint density at radius 3 is 2.39 bits per heavy atom. The first-order chi connectivity index (χ1) is 13.4. The van der Waals surface area contributed by atoms with Crippen molar-refractivity contribution in [2.75, 3.05) is 5.32 Å². The van der Waals surface area contributed by atoms with Gasteiger partial charge in [0.2, 0.25) is 0 Å². The number of nitrogens with one attached hydrogen (secondary N) is 1. The number of carbonyl (C=O) groups excluding carboxylic acids is 2. The Kier molecular flexibility index (Phi) is 4.52. The van der Waals surface area contributed by atoms with Crippen LogP contribution in [0.2, 0.25) is 0 Å². The maximum absolute atomic E-state index is 12.5. The van der Waals surface area contributed by atoms with E-state index in [1.165, 1.54) is 0 Å². The molecule has 0 saturated carbocycles. The zero-order valence-corrected chi connectivity index (χ0v) is 16.5. The predicted octanol–water partition coefficient (Wildman–Crippen LogP) is 4.14. The van der Waals surface area contributed by atoms with Crippen molar-refractivity contribution < 1.29 is 9.59 Å². The Bertz CT molecular complexity index is 1170. The van der Waals surface area contributed by atoms with Gasteiger partial charge in [0.15, 0.2) is 0 Å². The first-order valence-electron chi connectivity index (χ1n) is 8.76. The SMILES string of the molecule is Cc1nn(C)c(C)c1C(=O)C(=O)Nc1ccc(-c2nc3ccccc3s2)cc1. The normalized spacial score (nSPS) is 11.0. The summed E-state index contributed by atoms with van der Waals surface area (Å²) in [5.41, 5.74) is 4.06. The maximum atomic E-state index is 12.5. The molecule has 0 atom stereocenters. The lowest BCUT2D eigenvalue weighted by Gasteiger charge is -2.06. The molecule has 0 saturated heterocycles. The fraction of sp³-hybridized carbons (Fsp3) is 0.143. The van der Waals surface area contributed by atoms with Gasteiger partial charge in [-0.15, -0.1) is 11.3 Å². The van der Waals surface area contributed by atoms with E-state index >= 15 is 0 Å². The Hall–Kier alpha value is -3.32. The Balaban J connectivity index is 1.52. The van der Waals surface area contributed by atoms with Crippen LogP contribution in [-0.4, -0.2) is 26.5 Å². The summed E-state index contributed by atoms with van der Waals surface area (Å²) in [6.45, 7) is 3.49. The standard InChI is InChI=1S/C21H18N4O2S/c1-12-18(13(2)25(3)24-12)19(26)20(27)22-15-10-8-14(9-11-15)21-23-16-6-4-5-7-17(16)28-21/h4-11H,1-3H3,(H,22,27). The van der Waals surface area contributed by atoms with Crippen molar-refractivity contribution in [3.63, 3.8) is 0 Å². The molecule has 1 amide bonds. The number of aromatic nitrogens is 3. The molecule has 6 nitrogen and oxygen atoms in total. The third kappa shape index (κ3) is 3.20. The summed E-state index contributed by atoms with van der Waals surface area (Å²) in [5.74, 6) is -1.26. The van der Waals surface area contributed by atoms with Crippen molar-refractivity contribution in [2.45, 2.75) is 13.8 Å². The highest BCUT2D eigenvalue weighted by atomic mass is 32.1. The largest absolute Gasteiger partial charge is 0.319 e. The van der Waals surface area contributed by atoms with Crippen molar-refractivity contribution in [2.24, 2.45) is 7.05 Å². The van der Waals surface area contributed by atoms with Crippen molar-refractivity contribution in [3.8, 4) is 10.6 Å². The van der Waals surface area contributed by atoms with Gasteiger partial charge in [0.25, 0.3) is 11.7 Å². The van der Waals surface area contributed by atoms with Gasteiger partial charge >= 0.3 is 0 Å². The minimum absolute atomic E-state index is 0.353. The van der Waals surface area contributed by atoms with Crippen LogP contribution in [0, 0.1) is 13.8 Å². The quantitative estimate of drug-likeness (QED) is 0.420. The van der Waals surface area contributed by atoms with Gasteiger partial charge in [0.05, 0.1) is 21.5 Å². The van der Waals surface area contributed by atoms with E-state index < -0.39 is 11.7 Å². The molecule has 0 fully saturated rings. The number of Topliss-reactive ketones (excluding diaryl/α,β-unsaturated/α-hetero) is 1. The van der Waals surface area contributed by atoms with Crippen molar-refractivity contribution in [3.05, 3.63) is 65.5 Å². The van der Waals surface area contributed by atoms with Crippen molar-refractivity contribution >= 4 is 38.9 Å². The number of hydrogen-bond donors (Lipinski definition) is 1. The molecule has 4 aromatic rings. The second kappa shape index (κ2) is 7.01. The number of nitrogens with zero attached hydrogens (tertiary/aromatic N) is 3. The molecule has 2 aromatic carbocycles. The Morgan fingerprint density at radius 2 is 1.75 bits per heavy atom. The van der Waals surface area contributed by atoms with E-state index in [-0.39, 0.29) is 0 Å². The van der Waals surface area contributed by atoms with Gasteiger partial charge in [0, 0.05) is 24.0 Å². The van der Waals surface area contributed by atoms with Crippen LogP contribution in [-0.2, 0) is 11.8 Å². The minimum Gasteiger partial charge on any atom is -0.319 e. The second-order valence-electron chi connectivity index (χ2n) is 6.52. The highest BCUT2D eigenvalue weighted by molar-refractivity contribution is 7.21. The molecule has 0 spiro atoms. The summed E-state index contributed by atoms with van der Waals surface area (Å²) < 4.78 is 2.73. The average Bonchev–Trinajstić information content (AvgIpc) is 3.22. The number of anilines is 1. The number of hydrogen-bond acceptors (Lipinski definition) is 5. The third-order valence-corrected chi connectivity index (χ3v) is 5.71. The molecule has 0 bridgehead atoms. The minimum atomic E-state index is -0.674. The summed E-state index contributed by atoms with van der Waals surface area (Å²) in [4.78, 5) is 29.5. The molecule has 0 radical (unpaired) electrons. The van der Waals surface area contributed by atoms with Crippen molar-refractivity contribution in [1.29, 1.82) is 0 Å². The van der Waals surface area contributed by atoms with E-state index in [9.17, 15) is 9.59 Å². The van der Waals surface area contributed by atoms with Crippen LogP contribution in [0.3, 0.4) is 0 Å². The van der Waals surface area contributed by atoms with Crippen molar-refractivity contribution in [1.82, 2.24) is 14.8 Å². The number of amides is 1. The molecular weight excluding hydrogens is 372 g/mol. The number of aryl methyl sites for hydroxylation is 2.